The Kier molecular flexibility index (Phi) is 4.23. The Morgan fingerprint density at radius 3 is 2.78 bits per heavy atom. The van der Waals surface area contributed by atoms with Gasteiger partial charge in [-0.05, 0) is 0 Å². The quantitative estimate of drug-likeness (QED) is 0.582. The Morgan fingerprint density at radius 2 is 2.17 bits per heavy atom. The van der Waals surface area contributed by atoms with E-state index in [1.54, 1.807) is 12.1 Å². The van der Waals surface area contributed by atoms with Crippen molar-refractivity contribution in [2.45, 2.75) is 16.8 Å². The van der Waals surface area contributed by atoms with Gasteiger partial charge in [-0.3, -0.25) is 0 Å². The summed E-state index contributed by atoms with van der Waals surface area (Å²) < 4.78 is 5.30. The van der Waals surface area contributed by atoms with Gasteiger partial charge in [0.05, 0.1) is 0 Å². The molecule has 2 atom stereocenters. The second-order valence-corrected chi connectivity index (χ2v) is 5.87. The number of ether oxygens (including phenoxy) is 1. The Morgan fingerprint density at radius 1 is 1.44 bits per heavy atom. The van der Waals surface area contributed by atoms with Crippen LogP contribution in [0.2, 0.25) is 5.82 Å². The van der Waals surface area contributed by atoms with Gasteiger partial charge in [-0.15, -0.1) is 0 Å². The summed E-state index contributed by atoms with van der Waals surface area (Å²) in [5.41, 5.74) is 0. The van der Waals surface area contributed by atoms with Crippen molar-refractivity contribution < 1.29 is 14.3 Å². The molecule has 1 aliphatic rings. The van der Waals surface area contributed by atoms with E-state index >= 15 is 0 Å². The fourth-order valence-electron chi connectivity index (χ4n) is 1.57. The normalized spacial score (nSPS) is 21.7. The molecule has 6 heteroatoms. The minimum atomic E-state index is -0.387. The van der Waals surface area contributed by atoms with E-state index in [2.05, 4.69) is 10.6 Å². The average Bonchev–Trinajstić information content (AvgIpc) is 2.41. The van der Waals surface area contributed by atoms with E-state index < -0.39 is 0 Å². The monoisotopic (exact) mass is 314 g/mol. The summed E-state index contributed by atoms with van der Waals surface area (Å²) in [4.78, 5) is 23.0. The van der Waals surface area contributed by atoms with Crippen molar-refractivity contribution >= 4 is 26.8 Å². The molecule has 18 heavy (non-hydrogen) atoms. The minimum absolute atomic E-state index is 0.0722. The van der Waals surface area contributed by atoms with Crippen LogP contribution in [-0.2, 0) is 9.59 Å². The summed E-state index contributed by atoms with van der Waals surface area (Å²) in [5, 5.41) is 5.43. The van der Waals surface area contributed by atoms with Crippen molar-refractivity contribution in [2.75, 3.05) is 6.61 Å². The zero-order chi connectivity index (χ0) is 13.0. The maximum atomic E-state index is 11.6. The topological polar surface area (TPSA) is 67.4 Å². The Hall–Kier alpha value is -1.52. The molecule has 0 unspecified atom stereocenters. The van der Waals surface area contributed by atoms with Gasteiger partial charge >= 0.3 is 111 Å². The first kappa shape index (κ1) is 12.9. The molecule has 2 N–H and O–H groups in total. The van der Waals surface area contributed by atoms with Crippen LogP contribution in [0.4, 0.5) is 0 Å². The number of nitrogens with one attached hydrogen (secondary N) is 2. The molecule has 0 aromatic heterocycles. The second kappa shape index (κ2) is 5.89. The first-order chi connectivity index (χ1) is 8.70. The molecule has 2 amide bonds. The van der Waals surface area contributed by atoms with Gasteiger partial charge in [0, 0.05) is 0 Å². The van der Waals surface area contributed by atoms with Gasteiger partial charge in [-0.1, -0.05) is 0 Å². The maximum absolute atomic E-state index is 11.6. The molecule has 0 radical (unpaired) electrons. The summed E-state index contributed by atoms with van der Waals surface area (Å²) in [5.74, 6) is 2.28. The number of carbonyl (C=O) groups is 2. The van der Waals surface area contributed by atoms with Gasteiger partial charge in [0.25, 0.3) is 0 Å². The van der Waals surface area contributed by atoms with Crippen LogP contribution in [0.25, 0.3) is 0 Å². The molecular formula is C12H14N2O3Se. The van der Waals surface area contributed by atoms with Gasteiger partial charge in [0.15, 0.2) is 0 Å². The van der Waals surface area contributed by atoms with E-state index in [1.165, 1.54) is 0 Å². The molecular weight excluding hydrogens is 299 g/mol. The van der Waals surface area contributed by atoms with Crippen molar-refractivity contribution in [3.63, 3.8) is 0 Å². The molecule has 0 saturated carbocycles. The molecule has 1 fully saturated rings. The van der Waals surface area contributed by atoms with Gasteiger partial charge in [0.1, 0.15) is 0 Å². The van der Waals surface area contributed by atoms with Crippen LogP contribution in [0.3, 0.4) is 0 Å². The van der Waals surface area contributed by atoms with Crippen LogP contribution < -0.4 is 15.4 Å². The summed E-state index contributed by atoms with van der Waals surface area (Å²) in [6, 6.07) is 8.72. The molecule has 5 nitrogen and oxygen atoms in total. The van der Waals surface area contributed by atoms with Gasteiger partial charge in [-0.25, -0.2) is 0 Å². The number of para-hydroxylation sites is 1. The van der Waals surface area contributed by atoms with Gasteiger partial charge < -0.3 is 0 Å². The van der Waals surface area contributed by atoms with Crippen LogP contribution in [0.5, 0.6) is 5.75 Å². The van der Waals surface area contributed by atoms with Crippen molar-refractivity contribution in [1.29, 1.82) is 0 Å². The number of amides is 2. The molecule has 0 aliphatic carbocycles. The summed E-state index contributed by atoms with van der Waals surface area (Å²) in [6.45, 7) is -0.0722. The van der Waals surface area contributed by atoms with E-state index in [0.717, 1.165) is 0 Å². The van der Waals surface area contributed by atoms with Crippen LogP contribution in [-0.4, -0.2) is 44.4 Å². The molecule has 2 rings (SSSR count). The molecule has 0 bridgehead atoms. The molecule has 1 aromatic rings. The van der Waals surface area contributed by atoms with Crippen LogP contribution in [0.15, 0.2) is 30.3 Å². The summed E-state index contributed by atoms with van der Waals surface area (Å²) in [6.07, 6.45) is 0. The zero-order valence-electron chi connectivity index (χ0n) is 9.88. The Balaban J connectivity index is 1.77. The van der Waals surface area contributed by atoms with Gasteiger partial charge in [-0.2, -0.15) is 0 Å². The number of β-lactam (4-membered cyclic amide) rings is 1. The number of hydrogen-bond donors (Lipinski definition) is 2. The van der Waals surface area contributed by atoms with Crippen molar-refractivity contribution in [3.05, 3.63) is 30.3 Å². The van der Waals surface area contributed by atoms with Crippen LogP contribution >= 0.6 is 0 Å². The first-order valence-electron chi connectivity index (χ1n) is 5.51. The predicted octanol–water partition coefficient (Wildman–Crippen LogP) is -0.242. The average molecular weight is 313 g/mol. The van der Waals surface area contributed by atoms with E-state index in [0.29, 0.717) is 5.75 Å². The van der Waals surface area contributed by atoms with Crippen molar-refractivity contribution in [2.24, 2.45) is 0 Å². The third-order valence-corrected chi connectivity index (χ3v) is 4.44. The molecule has 1 heterocycles. The zero-order valence-corrected chi connectivity index (χ0v) is 11.6. The third kappa shape index (κ3) is 3.03. The predicted molar refractivity (Wildman–Crippen MR) is 67.4 cm³/mol. The van der Waals surface area contributed by atoms with E-state index in [9.17, 15) is 9.59 Å². The standard InChI is InChI=1S/C12H14N2O3Se/c1-18-12-10(11(16)14-12)13-9(15)7-17-8-5-3-2-4-6-8/h2-6,10,12H,7H2,1H3,(H,13,15)(H,14,16)/t10-,12-/m1/s1. The molecule has 0 spiro atoms. The third-order valence-electron chi connectivity index (χ3n) is 2.55. The molecule has 96 valence electrons. The second-order valence-electron chi connectivity index (χ2n) is 3.81. The summed E-state index contributed by atoms with van der Waals surface area (Å²) >= 11 is 0.284. The van der Waals surface area contributed by atoms with E-state index in [1.807, 2.05) is 24.0 Å². The molecule has 1 aliphatic heterocycles. The van der Waals surface area contributed by atoms with Crippen molar-refractivity contribution in [3.8, 4) is 5.75 Å². The Labute approximate surface area is 111 Å². The van der Waals surface area contributed by atoms with Crippen LogP contribution in [0.1, 0.15) is 0 Å². The number of rotatable bonds is 5. The first-order valence-corrected chi connectivity index (χ1v) is 8.21. The van der Waals surface area contributed by atoms with Crippen LogP contribution in [0, 0.1) is 0 Å². The molecule has 1 saturated heterocycles. The fourth-order valence-corrected chi connectivity index (χ4v) is 3.04. The Bertz CT molecular complexity index is 438. The van der Waals surface area contributed by atoms with E-state index in [-0.39, 0.29) is 44.4 Å². The fraction of sp³-hybridized carbons (Fsp3) is 0.333. The SMILES string of the molecule is C[Se][C@H]1NC(=O)[C@H]1NC(=O)COc1ccccc1. The number of benzene rings is 1. The van der Waals surface area contributed by atoms with E-state index in [4.69, 9.17) is 4.74 Å². The summed E-state index contributed by atoms with van der Waals surface area (Å²) in [7, 11) is 0. The van der Waals surface area contributed by atoms with Crippen molar-refractivity contribution in [1.82, 2.24) is 10.6 Å². The number of hydrogen-bond acceptors (Lipinski definition) is 3. The van der Waals surface area contributed by atoms with Gasteiger partial charge in [0.2, 0.25) is 0 Å². The molecule has 1 aromatic carbocycles. The number of carbonyl (C=O) groups excluding carboxylic acids is 2.